The van der Waals surface area contributed by atoms with E-state index >= 15 is 0 Å². The normalized spacial score (nSPS) is 18.5. The molecule has 0 aromatic heterocycles. The van der Waals surface area contributed by atoms with Crippen molar-refractivity contribution in [2.75, 3.05) is 10.6 Å². The fraction of sp³-hybridized carbons (Fsp3) is 0.263. The molecule has 1 aliphatic carbocycles. The van der Waals surface area contributed by atoms with E-state index in [1.807, 2.05) is 12.1 Å². The summed E-state index contributed by atoms with van der Waals surface area (Å²) in [6, 6.07) is 10.1. The number of hydrogen-bond donors (Lipinski definition) is 2. The van der Waals surface area contributed by atoms with Crippen LogP contribution in [0.15, 0.2) is 36.4 Å². The van der Waals surface area contributed by atoms with E-state index in [9.17, 15) is 14.0 Å². The van der Waals surface area contributed by atoms with E-state index in [-0.39, 0.29) is 18.2 Å². The number of fused-ring (bicyclic) bond motifs is 2. The van der Waals surface area contributed by atoms with Crippen LogP contribution >= 0.6 is 0 Å². The van der Waals surface area contributed by atoms with Gasteiger partial charge in [-0.2, -0.15) is 0 Å². The van der Waals surface area contributed by atoms with E-state index < -0.39 is 11.7 Å². The number of halogens is 1. The quantitative estimate of drug-likeness (QED) is 0.890. The number of carbonyl (C=O) groups excluding carboxylic acids is 2. The molecular weight excluding hydrogens is 307 g/mol. The van der Waals surface area contributed by atoms with E-state index in [2.05, 4.69) is 16.7 Å². The number of rotatable bonds is 2. The Kier molecular flexibility index (Phi) is 3.56. The summed E-state index contributed by atoms with van der Waals surface area (Å²) in [5, 5.41) is 5.53. The van der Waals surface area contributed by atoms with E-state index in [4.69, 9.17) is 0 Å². The van der Waals surface area contributed by atoms with Crippen LogP contribution in [0.2, 0.25) is 0 Å². The third-order valence-electron chi connectivity index (χ3n) is 4.74. The summed E-state index contributed by atoms with van der Waals surface area (Å²) >= 11 is 0. The van der Waals surface area contributed by atoms with Crippen LogP contribution in [0.3, 0.4) is 0 Å². The lowest BCUT2D eigenvalue weighted by molar-refractivity contribution is -0.123. The number of anilines is 2. The van der Waals surface area contributed by atoms with Crippen LogP contribution in [0.1, 0.15) is 35.4 Å². The standard InChI is InChI=1S/C19H17FN2O2/c20-13-5-7-15-16(10-18(23)22-17(15)9-13)19(24)21-14-6-4-11-2-1-3-12(11)8-14/h4-9,16H,1-3,10H2,(H,21,24)(H,22,23). The Morgan fingerprint density at radius 1 is 1.12 bits per heavy atom. The molecule has 4 nitrogen and oxygen atoms in total. The summed E-state index contributed by atoms with van der Waals surface area (Å²) < 4.78 is 13.4. The van der Waals surface area contributed by atoms with Gasteiger partial charge in [0.15, 0.2) is 0 Å². The van der Waals surface area contributed by atoms with Gasteiger partial charge in [-0.15, -0.1) is 0 Å². The molecule has 0 bridgehead atoms. The molecule has 0 saturated heterocycles. The van der Waals surface area contributed by atoms with Crippen molar-refractivity contribution < 1.29 is 14.0 Å². The minimum absolute atomic E-state index is 0.0649. The van der Waals surface area contributed by atoms with Gasteiger partial charge in [0.25, 0.3) is 0 Å². The number of carbonyl (C=O) groups is 2. The first-order chi connectivity index (χ1) is 11.6. The minimum atomic E-state index is -0.609. The third kappa shape index (κ3) is 2.66. The molecule has 1 unspecified atom stereocenters. The molecule has 0 fully saturated rings. The van der Waals surface area contributed by atoms with Crippen LogP contribution in [-0.4, -0.2) is 11.8 Å². The van der Waals surface area contributed by atoms with Crippen LogP contribution < -0.4 is 10.6 Å². The molecule has 2 aliphatic rings. The van der Waals surface area contributed by atoms with E-state index in [1.165, 1.54) is 23.3 Å². The molecule has 2 N–H and O–H groups in total. The molecule has 5 heteroatoms. The lowest BCUT2D eigenvalue weighted by Crippen LogP contribution is -2.30. The molecule has 0 saturated carbocycles. The van der Waals surface area contributed by atoms with E-state index in [1.54, 1.807) is 6.07 Å². The highest BCUT2D eigenvalue weighted by atomic mass is 19.1. The summed E-state index contributed by atoms with van der Waals surface area (Å²) in [6.07, 6.45) is 3.34. The molecule has 24 heavy (non-hydrogen) atoms. The van der Waals surface area contributed by atoms with Crippen LogP contribution in [-0.2, 0) is 22.4 Å². The molecule has 1 atom stereocenters. The molecule has 122 valence electrons. The number of hydrogen-bond acceptors (Lipinski definition) is 2. The van der Waals surface area contributed by atoms with Crippen molar-refractivity contribution in [2.24, 2.45) is 0 Å². The largest absolute Gasteiger partial charge is 0.326 e. The average Bonchev–Trinajstić information content (AvgIpc) is 3.01. The number of aryl methyl sites for hydroxylation is 2. The summed E-state index contributed by atoms with van der Waals surface area (Å²) in [4.78, 5) is 24.5. The van der Waals surface area contributed by atoms with Crippen molar-refractivity contribution in [1.82, 2.24) is 0 Å². The van der Waals surface area contributed by atoms with Crippen LogP contribution in [0.4, 0.5) is 15.8 Å². The Morgan fingerprint density at radius 2 is 1.96 bits per heavy atom. The lowest BCUT2D eigenvalue weighted by atomic mass is 9.89. The zero-order chi connectivity index (χ0) is 16.7. The zero-order valence-electron chi connectivity index (χ0n) is 13.1. The monoisotopic (exact) mass is 324 g/mol. The number of amides is 2. The lowest BCUT2D eigenvalue weighted by Gasteiger charge is -2.25. The van der Waals surface area contributed by atoms with Gasteiger partial charge in [-0.3, -0.25) is 9.59 Å². The summed E-state index contributed by atoms with van der Waals surface area (Å²) in [6.45, 7) is 0. The molecule has 2 amide bonds. The summed E-state index contributed by atoms with van der Waals surface area (Å²) in [5.74, 6) is -1.56. The predicted octanol–water partition coefficient (Wildman–Crippen LogP) is 3.38. The van der Waals surface area contributed by atoms with Crippen molar-refractivity contribution in [3.63, 3.8) is 0 Å². The van der Waals surface area contributed by atoms with Crippen LogP contribution in [0.5, 0.6) is 0 Å². The molecule has 0 spiro atoms. The van der Waals surface area contributed by atoms with Gasteiger partial charge < -0.3 is 10.6 Å². The third-order valence-corrected chi connectivity index (χ3v) is 4.74. The Morgan fingerprint density at radius 3 is 2.83 bits per heavy atom. The smallest absolute Gasteiger partial charge is 0.232 e. The first-order valence-electron chi connectivity index (χ1n) is 8.12. The minimum Gasteiger partial charge on any atom is -0.326 e. The van der Waals surface area contributed by atoms with Gasteiger partial charge in [0.2, 0.25) is 11.8 Å². The highest BCUT2D eigenvalue weighted by molar-refractivity contribution is 6.05. The van der Waals surface area contributed by atoms with Crippen molar-refractivity contribution >= 4 is 23.2 Å². The Balaban J connectivity index is 1.60. The van der Waals surface area contributed by atoms with Gasteiger partial charge in [-0.25, -0.2) is 4.39 Å². The van der Waals surface area contributed by atoms with E-state index in [0.717, 1.165) is 24.9 Å². The maximum Gasteiger partial charge on any atom is 0.232 e. The number of benzene rings is 2. The van der Waals surface area contributed by atoms with E-state index in [0.29, 0.717) is 11.3 Å². The average molecular weight is 324 g/mol. The number of nitrogens with one attached hydrogen (secondary N) is 2. The summed E-state index contributed by atoms with van der Waals surface area (Å²) in [5.41, 5.74) is 4.38. The highest BCUT2D eigenvalue weighted by Crippen LogP contribution is 2.34. The van der Waals surface area contributed by atoms with Gasteiger partial charge in [-0.1, -0.05) is 12.1 Å². The second-order valence-corrected chi connectivity index (χ2v) is 6.36. The van der Waals surface area contributed by atoms with Gasteiger partial charge in [0.1, 0.15) is 5.82 Å². The molecular formula is C19H17FN2O2. The summed E-state index contributed by atoms with van der Waals surface area (Å²) in [7, 11) is 0. The van der Waals surface area contributed by atoms with Crippen LogP contribution in [0, 0.1) is 5.82 Å². The zero-order valence-corrected chi connectivity index (χ0v) is 13.1. The maximum atomic E-state index is 13.4. The van der Waals surface area contributed by atoms with Crippen molar-refractivity contribution in [2.45, 2.75) is 31.6 Å². The maximum absolute atomic E-state index is 13.4. The van der Waals surface area contributed by atoms with Crippen LogP contribution in [0.25, 0.3) is 0 Å². The van der Waals surface area contributed by atoms with Gasteiger partial charge in [-0.05, 0) is 60.2 Å². The predicted molar refractivity (Wildman–Crippen MR) is 89.5 cm³/mol. The topological polar surface area (TPSA) is 58.2 Å². The fourth-order valence-corrected chi connectivity index (χ4v) is 3.55. The Hall–Kier alpha value is -2.69. The fourth-order valence-electron chi connectivity index (χ4n) is 3.55. The molecule has 2 aromatic carbocycles. The SMILES string of the molecule is O=C1CC(C(=O)Nc2ccc3c(c2)CCC3)c2ccc(F)cc2N1. The molecule has 1 aliphatic heterocycles. The second-order valence-electron chi connectivity index (χ2n) is 6.36. The van der Waals surface area contributed by atoms with Gasteiger partial charge >= 0.3 is 0 Å². The molecule has 0 radical (unpaired) electrons. The Labute approximate surface area is 139 Å². The highest BCUT2D eigenvalue weighted by Gasteiger charge is 2.31. The van der Waals surface area contributed by atoms with Crippen molar-refractivity contribution in [1.29, 1.82) is 0 Å². The molecule has 2 aromatic rings. The van der Waals surface area contributed by atoms with Crippen molar-refractivity contribution in [3.8, 4) is 0 Å². The first kappa shape index (κ1) is 14.9. The van der Waals surface area contributed by atoms with Crippen molar-refractivity contribution in [3.05, 3.63) is 58.9 Å². The van der Waals surface area contributed by atoms with Gasteiger partial charge in [0.05, 0.1) is 5.92 Å². The molecule has 4 rings (SSSR count). The Bertz CT molecular complexity index is 847. The van der Waals surface area contributed by atoms with Gasteiger partial charge in [0, 0.05) is 17.8 Å². The second kappa shape index (κ2) is 5.74. The first-order valence-corrected chi connectivity index (χ1v) is 8.12. The molecule has 1 heterocycles.